The molecule has 0 saturated heterocycles. The number of Topliss-reactive ketones (excluding diaryl/α,β-unsaturated/α-hetero) is 1. The van der Waals surface area contributed by atoms with Gasteiger partial charge in [-0.05, 0) is 55.2 Å². The first-order valence-corrected chi connectivity index (χ1v) is 12.9. The van der Waals surface area contributed by atoms with Crippen LogP contribution in [-0.2, 0) is 15.3 Å². The van der Waals surface area contributed by atoms with Crippen molar-refractivity contribution in [1.29, 1.82) is 0 Å². The zero-order valence-electron chi connectivity index (χ0n) is 20.5. The van der Waals surface area contributed by atoms with Crippen LogP contribution in [0.1, 0.15) is 62.6 Å². The molecule has 0 spiro atoms. The Kier molecular flexibility index (Phi) is 11.7. The van der Waals surface area contributed by atoms with Gasteiger partial charge in [0.25, 0.3) is 5.91 Å². The van der Waals surface area contributed by atoms with Crippen LogP contribution in [0.3, 0.4) is 0 Å². The Morgan fingerprint density at radius 1 is 1.06 bits per heavy atom. The highest BCUT2D eigenvalue weighted by Gasteiger charge is 2.27. The number of hydrogen-bond donors (Lipinski definition) is 2. The highest BCUT2D eigenvalue weighted by Crippen LogP contribution is 2.16. The summed E-state index contributed by atoms with van der Waals surface area (Å²) in [7, 11) is 1.56. The van der Waals surface area contributed by atoms with Crippen molar-refractivity contribution in [3.8, 4) is 5.75 Å². The van der Waals surface area contributed by atoms with Crippen molar-refractivity contribution in [2.45, 2.75) is 64.3 Å². The van der Waals surface area contributed by atoms with Crippen LogP contribution in [0.5, 0.6) is 5.75 Å². The number of furan rings is 1. The van der Waals surface area contributed by atoms with E-state index in [1.54, 1.807) is 37.6 Å². The number of hydrogen-bond acceptors (Lipinski definition) is 6. The lowest BCUT2D eigenvalue weighted by Crippen LogP contribution is -2.52. The minimum absolute atomic E-state index is 0.0249. The van der Waals surface area contributed by atoms with Crippen molar-refractivity contribution in [2.24, 2.45) is 5.92 Å². The number of benzene rings is 1. The molecule has 1 heterocycles. The van der Waals surface area contributed by atoms with Crippen molar-refractivity contribution < 1.29 is 23.5 Å². The Morgan fingerprint density at radius 3 is 2.38 bits per heavy atom. The number of methoxy groups -OCH3 is 1. The fourth-order valence-electron chi connectivity index (χ4n) is 3.43. The standard InChI is InChI=1S/C26H36N2O5S/c1-5-6-9-22(24(29)17-34-16-21-8-7-14-33-21)27-26(31)23(15-18(2)3)28-25(30)19-10-12-20(32-4)13-11-19/h7-8,10-14,18,22-23H,5-6,9,15-17H2,1-4H3,(H,27,31)(H,28,30). The van der Waals surface area contributed by atoms with Crippen molar-refractivity contribution >= 4 is 29.4 Å². The Hall–Kier alpha value is -2.74. The number of ether oxygens (including phenoxy) is 1. The van der Waals surface area contributed by atoms with Crippen molar-refractivity contribution in [3.05, 3.63) is 54.0 Å². The maximum Gasteiger partial charge on any atom is 0.251 e. The number of thioether (sulfide) groups is 1. The van der Waals surface area contributed by atoms with Crippen molar-refractivity contribution in [1.82, 2.24) is 10.6 Å². The lowest BCUT2D eigenvalue weighted by Gasteiger charge is -2.24. The molecule has 8 heteroatoms. The van der Waals surface area contributed by atoms with Gasteiger partial charge in [0.1, 0.15) is 17.6 Å². The molecule has 34 heavy (non-hydrogen) atoms. The van der Waals surface area contributed by atoms with E-state index in [-0.39, 0.29) is 29.3 Å². The summed E-state index contributed by atoms with van der Waals surface area (Å²) >= 11 is 1.46. The van der Waals surface area contributed by atoms with E-state index >= 15 is 0 Å². The summed E-state index contributed by atoms with van der Waals surface area (Å²) in [5.74, 6) is 1.82. The SMILES string of the molecule is CCCCC(NC(=O)C(CC(C)C)NC(=O)c1ccc(OC)cc1)C(=O)CSCc1ccco1. The summed E-state index contributed by atoms with van der Waals surface area (Å²) in [5, 5.41) is 5.76. The fraction of sp³-hybridized carbons (Fsp3) is 0.500. The summed E-state index contributed by atoms with van der Waals surface area (Å²) in [6.45, 7) is 6.03. The minimum atomic E-state index is -0.734. The molecular weight excluding hydrogens is 452 g/mol. The second kappa shape index (κ2) is 14.5. The zero-order chi connectivity index (χ0) is 24.9. The average molecular weight is 489 g/mol. The molecule has 2 unspecified atom stereocenters. The molecule has 0 aliphatic heterocycles. The quantitative estimate of drug-likeness (QED) is 0.380. The number of carbonyl (C=O) groups is 3. The Morgan fingerprint density at radius 2 is 1.79 bits per heavy atom. The molecule has 2 atom stereocenters. The first-order valence-electron chi connectivity index (χ1n) is 11.7. The lowest BCUT2D eigenvalue weighted by molar-refractivity contribution is -0.128. The van der Waals surface area contributed by atoms with Gasteiger partial charge in [-0.3, -0.25) is 14.4 Å². The van der Waals surface area contributed by atoms with Crippen LogP contribution >= 0.6 is 11.8 Å². The zero-order valence-corrected chi connectivity index (χ0v) is 21.3. The van der Waals surface area contributed by atoms with Crippen LogP contribution in [0.15, 0.2) is 47.1 Å². The lowest BCUT2D eigenvalue weighted by atomic mass is 10.0. The summed E-state index contributed by atoms with van der Waals surface area (Å²) in [6.07, 6.45) is 4.39. The summed E-state index contributed by atoms with van der Waals surface area (Å²) < 4.78 is 10.4. The molecule has 2 N–H and O–H groups in total. The second-order valence-corrected chi connectivity index (χ2v) is 9.61. The molecule has 0 radical (unpaired) electrons. The van der Waals surface area contributed by atoms with E-state index in [4.69, 9.17) is 9.15 Å². The second-order valence-electron chi connectivity index (χ2n) is 8.63. The molecule has 0 aliphatic rings. The van der Waals surface area contributed by atoms with Gasteiger partial charge in [-0.15, -0.1) is 11.8 Å². The molecular formula is C26H36N2O5S. The van der Waals surface area contributed by atoms with Gasteiger partial charge in [0.2, 0.25) is 5.91 Å². The molecule has 0 aliphatic carbocycles. The van der Waals surface area contributed by atoms with Crippen molar-refractivity contribution in [3.63, 3.8) is 0 Å². The van der Waals surface area contributed by atoms with Crippen molar-refractivity contribution in [2.75, 3.05) is 12.9 Å². The molecule has 0 bridgehead atoms. The smallest absolute Gasteiger partial charge is 0.251 e. The van der Waals surface area contributed by atoms with Crippen LogP contribution in [0.25, 0.3) is 0 Å². The molecule has 2 amide bonds. The van der Waals surface area contributed by atoms with Crippen LogP contribution in [0.4, 0.5) is 0 Å². The van der Waals surface area contributed by atoms with E-state index in [2.05, 4.69) is 10.6 Å². The Labute approximate surface area is 206 Å². The molecule has 7 nitrogen and oxygen atoms in total. The maximum absolute atomic E-state index is 13.2. The van der Waals surface area contributed by atoms with Gasteiger partial charge in [0.15, 0.2) is 5.78 Å². The van der Waals surface area contributed by atoms with E-state index in [0.717, 1.165) is 18.6 Å². The van der Waals surface area contributed by atoms with Gasteiger partial charge in [-0.25, -0.2) is 0 Å². The third kappa shape index (κ3) is 9.25. The number of unbranched alkanes of at least 4 members (excludes halogenated alkanes) is 1. The average Bonchev–Trinajstić information content (AvgIpc) is 3.34. The Balaban J connectivity index is 2.02. The third-order valence-electron chi connectivity index (χ3n) is 5.30. The number of rotatable bonds is 15. The molecule has 1 aromatic carbocycles. The van der Waals surface area contributed by atoms with Gasteiger partial charge in [-0.1, -0.05) is 33.6 Å². The number of amides is 2. The van der Waals surface area contributed by atoms with Crippen LogP contribution in [0.2, 0.25) is 0 Å². The van der Waals surface area contributed by atoms with E-state index in [0.29, 0.717) is 29.9 Å². The van der Waals surface area contributed by atoms with E-state index in [1.807, 2.05) is 32.9 Å². The first kappa shape index (κ1) is 27.5. The number of ketones is 1. The number of nitrogens with one attached hydrogen (secondary N) is 2. The van der Waals surface area contributed by atoms with E-state index in [1.165, 1.54) is 11.8 Å². The largest absolute Gasteiger partial charge is 0.497 e. The minimum Gasteiger partial charge on any atom is -0.497 e. The van der Waals surface area contributed by atoms with Crippen LogP contribution in [0, 0.1) is 5.92 Å². The molecule has 1 aromatic heterocycles. The summed E-state index contributed by atoms with van der Waals surface area (Å²) in [6, 6.07) is 9.09. The predicted octanol–water partition coefficient (Wildman–Crippen LogP) is 4.61. The predicted molar refractivity (Wildman–Crippen MR) is 135 cm³/mol. The molecule has 2 aromatic rings. The topological polar surface area (TPSA) is 97.6 Å². The van der Waals surface area contributed by atoms with E-state index < -0.39 is 12.1 Å². The fourth-order valence-corrected chi connectivity index (χ4v) is 4.30. The van der Waals surface area contributed by atoms with Gasteiger partial charge in [0.05, 0.1) is 30.9 Å². The van der Waals surface area contributed by atoms with Gasteiger partial charge >= 0.3 is 0 Å². The number of carbonyl (C=O) groups excluding carboxylic acids is 3. The highest BCUT2D eigenvalue weighted by atomic mass is 32.2. The third-order valence-corrected chi connectivity index (χ3v) is 6.28. The molecule has 2 rings (SSSR count). The van der Waals surface area contributed by atoms with Gasteiger partial charge in [0, 0.05) is 5.56 Å². The van der Waals surface area contributed by atoms with Gasteiger partial charge < -0.3 is 19.8 Å². The molecule has 186 valence electrons. The highest BCUT2D eigenvalue weighted by molar-refractivity contribution is 7.99. The molecule has 0 saturated carbocycles. The first-order chi connectivity index (χ1) is 16.3. The van der Waals surface area contributed by atoms with E-state index in [9.17, 15) is 14.4 Å². The Bertz CT molecular complexity index is 896. The van der Waals surface area contributed by atoms with Crippen LogP contribution < -0.4 is 15.4 Å². The summed E-state index contributed by atoms with van der Waals surface area (Å²) in [4.78, 5) is 38.8. The maximum atomic E-state index is 13.2. The summed E-state index contributed by atoms with van der Waals surface area (Å²) in [5.41, 5.74) is 0.440. The monoisotopic (exact) mass is 488 g/mol. The van der Waals surface area contributed by atoms with Crippen LogP contribution in [-0.4, -0.2) is 42.5 Å². The van der Waals surface area contributed by atoms with Gasteiger partial charge in [-0.2, -0.15) is 0 Å². The normalized spacial score (nSPS) is 12.7. The molecule has 0 fully saturated rings.